The summed E-state index contributed by atoms with van der Waals surface area (Å²) < 4.78 is 0. The average Bonchev–Trinajstić information content (AvgIpc) is 2.14. The Hall–Kier alpha value is -0.450. The first-order valence-corrected chi connectivity index (χ1v) is 2.97. The number of carbonyl (C=O) groups excluding carboxylic acids is 1. The van der Waals surface area contributed by atoms with E-state index >= 15 is 0 Å². The summed E-state index contributed by atoms with van der Waals surface area (Å²) in [5.74, 6) is -0.133. The van der Waals surface area contributed by atoms with Crippen molar-refractivity contribution in [2.45, 2.75) is 18.6 Å². The minimum atomic E-state index is -0.360. The molecule has 9 heavy (non-hydrogen) atoms. The first-order chi connectivity index (χ1) is 4.20. The van der Waals surface area contributed by atoms with Crippen LogP contribution in [0, 0.1) is 0 Å². The van der Waals surface area contributed by atoms with Gasteiger partial charge in [0.25, 0.3) is 0 Å². The Labute approximate surface area is 53.0 Å². The molecule has 1 aliphatic rings. The molecule has 4 heteroatoms. The molecule has 1 fully saturated rings. The van der Waals surface area contributed by atoms with Gasteiger partial charge in [-0.1, -0.05) is 0 Å². The summed E-state index contributed by atoms with van der Waals surface area (Å²) in [4.78, 5) is 10.5. The Balaban J connectivity index is 2.39. The molecule has 2 atom stereocenters. The molecule has 0 aromatic heterocycles. The van der Waals surface area contributed by atoms with Crippen LogP contribution in [0.3, 0.4) is 0 Å². The van der Waals surface area contributed by atoms with Gasteiger partial charge >= 0.3 is 5.91 Å². The zero-order chi connectivity index (χ0) is 6.85. The van der Waals surface area contributed by atoms with Crippen molar-refractivity contribution < 1.29 is 15.6 Å². The Kier molecular flexibility index (Phi) is 1.80. The average molecular weight is 131 g/mol. The second kappa shape index (κ2) is 2.43. The molecule has 0 aromatic carbocycles. The number of amides is 1. The number of carbonyl (C=O) groups is 1. The molecule has 2 unspecified atom stereocenters. The maximum Gasteiger partial charge on any atom is 0.325 e. The maximum absolute atomic E-state index is 10.5. The Morgan fingerprint density at radius 3 is 2.67 bits per heavy atom. The normalized spacial score (nSPS) is 34.9. The third-order valence-electron chi connectivity index (χ3n) is 1.50. The molecule has 1 rings (SSSR count). The highest BCUT2D eigenvalue weighted by Crippen LogP contribution is 2.03. The van der Waals surface area contributed by atoms with Crippen LogP contribution in [0.25, 0.3) is 0 Å². The van der Waals surface area contributed by atoms with Crippen LogP contribution in [0.5, 0.6) is 0 Å². The molecule has 1 amide bonds. The van der Waals surface area contributed by atoms with Crippen molar-refractivity contribution in [1.29, 1.82) is 0 Å². The molecule has 1 aliphatic heterocycles. The van der Waals surface area contributed by atoms with Gasteiger partial charge in [-0.15, -0.1) is 0 Å². The summed E-state index contributed by atoms with van der Waals surface area (Å²) in [5, 5.41) is 11.7. The van der Waals surface area contributed by atoms with E-state index in [4.69, 9.17) is 5.11 Å². The van der Waals surface area contributed by atoms with Gasteiger partial charge in [-0.25, -0.2) is 4.79 Å². The van der Waals surface area contributed by atoms with E-state index in [9.17, 15) is 4.79 Å². The molecule has 0 saturated carbocycles. The van der Waals surface area contributed by atoms with Gasteiger partial charge in [0.15, 0.2) is 0 Å². The Morgan fingerprint density at radius 1 is 1.78 bits per heavy atom. The van der Waals surface area contributed by atoms with E-state index < -0.39 is 0 Å². The lowest BCUT2D eigenvalue weighted by atomic mass is 10.2. The van der Waals surface area contributed by atoms with Crippen LogP contribution in [0.2, 0.25) is 0 Å². The van der Waals surface area contributed by atoms with Gasteiger partial charge in [0.2, 0.25) is 0 Å². The molecule has 0 bridgehead atoms. The van der Waals surface area contributed by atoms with Crippen molar-refractivity contribution >= 4 is 5.91 Å². The SMILES string of the molecule is [NH3+]C(=O)C1CC(O)CN1. The molecule has 52 valence electrons. The molecule has 0 spiro atoms. The van der Waals surface area contributed by atoms with E-state index in [1.165, 1.54) is 0 Å². The lowest BCUT2D eigenvalue weighted by Crippen LogP contribution is -2.64. The fourth-order valence-electron chi connectivity index (χ4n) is 0.962. The summed E-state index contributed by atoms with van der Waals surface area (Å²) in [7, 11) is 0. The number of quaternary nitrogens is 1. The van der Waals surface area contributed by atoms with Crippen LogP contribution in [0.15, 0.2) is 0 Å². The standard InChI is InChI=1S/C5H10N2O2/c6-5(9)4-1-3(8)2-7-4/h3-4,7-8H,1-2H2,(H2,6,9)/p+1. The van der Waals surface area contributed by atoms with Crippen molar-refractivity contribution in [3.8, 4) is 0 Å². The van der Waals surface area contributed by atoms with Crippen LogP contribution in [-0.2, 0) is 4.79 Å². The highest BCUT2D eigenvalue weighted by Gasteiger charge is 2.28. The third kappa shape index (κ3) is 1.48. The first-order valence-electron chi connectivity index (χ1n) is 2.97. The zero-order valence-electron chi connectivity index (χ0n) is 5.13. The largest absolute Gasteiger partial charge is 0.392 e. The molecular formula is C5H11N2O2+. The summed E-state index contributed by atoms with van der Waals surface area (Å²) in [6.07, 6.45) is 0.156. The lowest BCUT2D eigenvalue weighted by molar-refractivity contribution is -0.308. The van der Waals surface area contributed by atoms with Crippen LogP contribution >= 0.6 is 0 Å². The van der Waals surface area contributed by atoms with E-state index in [-0.39, 0.29) is 18.1 Å². The van der Waals surface area contributed by atoms with Gasteiger partial charge in [-0.3, -0.25) is 11.1 Å². The van der Waals surface area contributed by atoms with Crippen molar-refractivity contribution in [3.05, 3.63) is 0 Å². The number of β-amino-alcohol motifs (C(OH)–C–C–N with tert-alkyl or cyclic N) is 1. The lowest BCUT2D eigenvalue weighted by Gasteiger charge is -1.97. The second-order valence-corrected chi connectivity index (χ2v) is 2.32. The number of hydrogen-bond acceptors (Lipinski definition) is 3. The number of aliphatic hydroxyl groups is 1. The van der Waals surface area contributed by atoms with Crippen molar-refractivity contribution in [1.82, 2.24) is 5.32 Å². The summed E-state index contributed by atoms with van der Waals surface area (Å²) in [6, 6.07) is -0.208. The topological polar surface area (TPSA) is 77.0 Å². The van der Waals surface area contributed by atoms with Crippen molar-refractivity contribution in [3.63, 3.8) is 0 Å². The Bertz CT molecular complexity index is 126. The molecule has 0 radical (unpaired) electrons. The summed E-state index contributed by atoms with van der Waals surface area (Å²) in [5.41, 5.74) is 3.24. The van der Waals surface area contributed by atoms with Crippen molar-refractivity contribution in [2.75, 3.05) is 6.54 Å². The number of aliphatic hydroxyl groups excluding tert-OH is 1. The fourth-order valence-corrected chi connectivity index (χ4v) is 0.962. The highest BCUT2D eigenvalue weighted by molar-refractivity contribution is 5.71. The van der Waals surface area contributed by atoms with Gasteiger partial charge < -0.3 is 5.11 Å². The zero-order valence-corrected chi connectivity index (χ0v) is 5.13. The van der Waals surface area contributed by atoms with E-state index in [2.05, 4.69) is 11.1 Å². The van der Waals surface area contributed by atoms with Crippen LogP contribution in [0.4, 0.5) is 0 Å². The number of rotatable bonds is 1. The Morgan fingerprint density at radius 2 is 2.44 bits per heavy atom. The van der Waals surface area contributed by atoms with Gasteiger partial charge in [0.05, 0.1) is 6.10 Å². The molecule has 1 heterocycles. The smallest absolute Gasteiger partial charge is 0.325 e. The minimum Gasteiger partial charge on any atom is -0.392 e. The predicted molar refractivity (Wildman–Crippen MR) is 30.3 cm³/mol. The molecular weight excluding hydrogens is 120 g/mol. The summed E-state index contributed by atoms with van der Waals surface area (Å²) in [6.45, 7) is 0.520. The first kappa shape index (κ1) is 6.67. The quantitative estimate of drug-likeness (QED) is 0.367. The van der Waals surface area contributed by atoms with Crippen LogP contribution in [-0.4, -0.2) is 29.7 Å². The van der Waals surface area contributed by atoms with Gasteiger partial charge in [-0.05, 0) is 0 Å². The minimum absolute atomic E-state index is 0.133. The number of hydrogen-bond donors (Lipinski definition) is 3. The van der Waals surface area contributed by atoms with Gasteiger partial charge in [0.1, 0.15) is 6.04 Å². The molecule has 0 aromatic rings. The fraction of sp³-hybridized carbons (Fsp3) is 0.800. The molecule has 0 aliphatic carbocycles. The summed E-state index contributed by atoms with van der Waals surface area (Å²) >= 11 is 0. The third-order valence-corrected chi connectivity index (χ3v) is 1.50. The van der Waals surface area contributed by atoms with Crippen LogP contribution in [0.1, 0.15) is 6.42 Å². The molecule has 1 saturated heterocycles. The monoisotopic (exact) mass is 131 g/mol. The van der Waals surface area contributed by atoms with E-state index in [1.807, 2.05) is 0 Å². The van der Waals surface area contributed by atoms with Gasteiger partial charge in [-0.2, -0.15) is 0 Å². The maximum atomic E-state index is 10.5. The highest BCUT2D eigenvalue weighted by atomic mass is 16.3. The molecule has 5 N–H and O–H groups in total. The second-order valence-electron chi connectivity index (χ2n) is 2.32. The van der Waals surface area contributed by atoms with E-state index in [0.29, 0.717) is 13.0 Å². The van der Waals surface area contributed by atoms with Crippen LogP contribution < -0.4 is 11.1 Å². The molecule has 4 nitrogen and oxygen atoms in total. The number of nitrogens with one attached hydrogen (secondary N) is 1. The van der Waals surface area contributed by atoms with Gasteiger partial charge in [0, 0.05) is 13.0 Å². The predicted octanol–water partition coefficient (Wildman–Crippen LogP) is -2.52. The van der Waals surface area contributed by atoms with E-state index in [1.54, 1.807) is 0 Å². The van der Waals surface area contributed by atoms with Crippen molar-refractivity contribution in [2.24, 2.45) is 0 Å². The van der Waals surface area contributed by atoms with E-state index in [0.717, 1.165) is 0 Å².